The smallest absolute Gasteiger partial charge is 0.153 e. The van der Waals surface area contributed by atoms with Gasteiger partial charge >= 0.3 is 0 Å². The van der Waals surface area contributed by atoms with E-state index in [0.717, 1.165) is 11.3 Å². The summed E-state index contributed by atoms with van der Waals surface area (Å²) in [6.07, 6.45) is 0. The van der Waals surface area contributed by atoms with E-state index in [0.29, 0.717) is 9.63 Å². The Kier molecular flexibility index (Phi) is 3.28. The lowest BCUT2D eigenvalue weighted by Crippen LogP contribution is -2.16. The van der Waals surface area contributed by atoms with Gasteiger partial charge < -0.3 is 5.73 Å². The van der Waals surface area contributed by atoms with Crippen LogP contribution >= 0.6 is 27.5 Å². The molecule has 1 heterocycles. The van der Waals surface area contributed by atoms with E-state index in [1.807, 2.05) is 31.3 Å². The van der Waals surface area contributed by atoms with Crippen LogP contribution < -0.4 is 5.73 Å². The molecule has 1 unspecified atom stereocenters. The summed E-state index contributed by atoms with van der Waals surface area (Å²) in [7, 11) is 1.81. The Morgan fingerprint density at radius 1 is 1.38 bits per heavy atom. The number of halogens is 2. The fourth-order valence-electron chi connectivity index (χ4n) is 1.50. The Morgan fingerprint density at radius 3 is 2.50 bits per heavy atom. The second-order valence-corrected chi connectivity index (χ2v) is 4.61. The van der Waals surface area contributed by atoms with Gasteiger partial charge in [0.2, 0.25) is 0 Å². The van der Waals surface area contributed by atoms with Crippen LogP contribution in [0.25, 0.3) is 0 Å². The van der Waals surface area contributed by atoms with Crippen molar-refractivity contribution in [2.75, 3.05) is 0 Å². The van der Waals surface area contributed by atoms with Crippen LogP contribution in [0.5, 0.6) is 0 Å². The molecule has 0 amide bonds. The lowest BCUT2D eigenvalue weighted by atomic mass is 10.1. The first kappa shape index (κ1) is 11.6. The zero-order valence-corrected chi connectivity index (χ0v) is 10.9. The summed E-state index contributed by atoms with van der Waals surface area (Å²) in [6, 6.07) is 7.15. The summed E-state index contributed by atoms with van der Waals surface area (Å²) >= 11 is 9.15. The van der Waals surface area contributed by atoms with Crippen molar-refractivity contribution >= 4 is 27.5 Å². The quantitative estimate of drug-likeness (QED) is 0.926. The van der Waals surface area contributed by atoms with Crippen LogP contribution in [-0.4, -0.2) is 15.0 Å². The number of aryl methyl sites for hydroxylation is 1. The third-order valence-corrected chi connectivity index (χ3v) is 3.17. The highest BCUT2D eigenvalue weighted by atomic mass is 79.9. The number of nitrogens with two attached hydrogens (primary N) is 1. The predicted octanol–water partition coefficient (Wildman–Crippen LogP) is 2.28. The number of hydrogen-bond donors (Lipinski definition) is 1. The first-order valence-electron chi connectivity index (χ1n) is 4.65. The monoisotopic (exact) mass is 300 g/mol. The van der Waals surface area contributed by atoms with Crippen LogP contribution in [0.3, 0.4) is 0 Å². The van der Waals surface area contributed by atoms with Crippen molar-refractivity contribution < 1.29 is 0 Å². The van der Waals surface area contributed by atoms with Crippen LogP contribution in [0.2, 0.25) is 5.02 Å². The van der Waals surface area contributed by atoms with Gasteiger partial charge in [0, 0.05) is 12.1 Å². The molecular weight excluding hydrogens is 291 g/mol. The number of nitrogens with zero attached hydrogens (tertiary/aromatic N) is 3. The molecule has 2 aromatic rings. The van der Waals surface area contributed by atoms with Gasteiger partial charge in [0.05, 0.1) is 11.7 Å². The molecule has 1 atom stereocenters. The van der Waals surface area contributed by atoms with Crippen molar-refractivity contribution in [2.45, 2.75) is 6.04 Å². The molecule has 2 N–H and O–H groups in total. The van der Waals surface area contributed by atoms with E-state index in [9.17, 15) is 0 Å². The summed E-state index contributed by atoms with van der Waals surface area (Å²) in [6.45, 7) is 0. The number of rotatable bonds is 2. The Balaban J connectivity index is 2.39. The lowest BCUT2D eigenvalue weighted by molar-refractivity contribution is 0.651. The molecule has 0 aliphatic carbocycles. The van der Waals surface area contributed by atoms with Gasteiger partial charge in [-0.1, -0.05) is 28.9 Å². The topological polar surface area (TPSA) is 56.7 Å². The molecule has 0 spiro atoms. The largest absolute Gasteiger partial charge is 0.319 e. The third kappa shape index (κ3) is 2.11. The molecule has 0 bridgehead atoms. The molecule has 0 fully saturated rings. The molecule has 0 aliphatic heterocycles. The van der Waals surface area contributed by atoms with Crippen LogP contribution in [0.15, 0.2) is 28.9 Å². The van der Waals surface area contributed by atoms with Crippen molar-refractivity contribution in [1.82, 2.24) is 15.0 Å². The van der Waals surface area contributed by atoms with E-state index in [4.69, 9.17) is 17.3 Å². The predicted molar refractivity (Wildman–Crippen MR) is 66.2 cm³/mol. The van der Waals surface area contributed by atoms with E-state index in [2.05, 4.69) is 26.2 Å². The van der Waals surface area contributed by atoms with Crippen LogP contribution in [0, 0.1) is 0 Å². The van der Waals surface area contributed by atoms with E-state index in [-0.39, 0.29) is 6.04 Å². The van der Waals surface area contributed by atoms with Crippen molar-refractivity contribution in [1.29, 1.82) is 0 Å². The molecule has 2 rings (SSSR count). The van der Waals surface area contributed by atoms with Gasteiger partial charge in [0.1, 0.15) is 0 Å². The van der Waals surface area contributed by atoms with Gasteiger partial charge in [-0.2, -0.15) is 0 Å². The second kappa shape index (κ2) is 4.53. The van der Waals surface area contributed by atoms with Gasteiger partial charge in [-0.25, -0.2) is 4.68 Å². The van der Waals surface area contributed by atoms with Crippen LogP contribution in [-0.2, 0) is 7.05 Å². The van der Waals surface area contributed by atoms with Crippen molar-refractivity contribution in [3.63, 3.8) is 0 Å². The average Bonchev–Trinajstić information content (AvgIpc) is 2.59. The van der Waals surface area contributed by atoms with Gasteiger partial charge in [0.25, 0.3) is 0 Å². The maximum Gasteiger partial charge on any atom is 0.153 e. The standard InChI is InChI=1S/C10H10BrClN4/c1-16-9(10(11)14-15-16)8(13)6-2-4-7(12)5-3-6/h2-5,8H,13H2,1H3. The van der Waals surface area contributed by atoms with Gasteiger partial charge in [-0.3, -0.25) is 0 Å². The highest BCUT2D eigenvalue weighted by Crippen LogP contribution is 2.25. The summed E-state index contributed by atoms with van der Waals surface area (Å²) < 4.78 is 2.32. The van der Waals surface area contributed by atoms with E-state index in [1.165, 1.54) is 0 Å². The Bertz CT molecular complexity index is 475. The first-order valence-corrected chi connectivity index (χ1v) is 5.83. The average molecular weight is 302 g/mol. The summed E-state index contributed by atoms with van der Waals surface area (Å²) in [4.78, 5) is 0. The number of benzene rings is 1. The fourth-order valence-corrected chi connectivity index (χ4v) is 2.20. The SMILES string of the molecule is Cn1nnc(Br)c1C(N)c1ccc(Cl)cc1. The molecule has 0 aliphatic rings. The highest BCUT2D eigenvalue weighted by molar-refractivity contribution is 9.10. The molecule has 84 valence electrons. The molecule has 16 heavy (non-hydrogen) atoms. The van der Waals surface area contributed by atoms with Gasteiger partial charge in [0.15, 0.2) is 4.60 Å². The van der Waals surface area contributed by atoms with E-state index in [1.54, 1.807) is 4.68 Å². The lowest BCUT2D eigenvalue weighted by Gasteiger charge is -2.12. The van der Waals surface area contributed by atoms with Crippen molar-refractivity contribution in [2.24, 2.45) is 12.8 Å². The van der Waals surface area contributed by atoms with E-state index < -0.39 is 0 Å². The zero-order valence-electron chi connectivity index (χ0n) is 8.56. The Labute approximate surface area is 107 Å². The second-order valence-electron chi connectivity index (χ2n) is 3.42. The minimum absolute atomic E-state index is 0.272. The Morgan fingerprint density at radius 2 is 2.00 bits per heavy atom. The summed E-state index contributed by atoms with van der Waals surface area (Å²) in [5.74, 6) is 0. The molecule has 6 heteroatoms. The zero-order chi connectivity index (χ0) is 11.7. The third-order valence-electron chi connectivity index (χ3n) is 2.35. The van der Waals surface area contributed by atoms with Crippen molar-refractivity contribution in [3.8, 4) is 0 Å². The molecular formula is C10H10BrClN4. The number of hydrogen-bond acceptors (Lipinski definition) is 3. The van der Waals surface area contributed by atoms with Gasteiger partial charge in [-0.05, 0) is 33.6 Å². The summed E-state index contributed by atoms with van der Waals surface area (Å²) in [5.41, 5.74) is 7.94. The maximum absolute atomic E-state index is 6.14. The Hall–Kier alpha value is -0.910. The molecule has 0 saturated carbocycles. The summed E-state index contributed by atoms with van der Waals surface area (Å²) in [5, 5.41) is 8.49. The van der Waals surface area contributed by atoms with Crippen LogP contribution in [0.1, 0.15) is 17.3 Å². The minimum Gasteiger partial charge on any atom is -0.319 e. The molecule has 0 radical (unpaired) electrons. The van der Waals surface area contributed by atoms with Crippen molar-refractivity contribution in [3.05, 3.63) is 45.1 Å². The molecule has 1 aromatic heterocycles. The fraction of sp³-hybridized carbons (Fsp3) is 0.200. The minimum atomic E-state index is -0.272. The highest BCUT2D eigenvalue weighted by Gasteiger charge is 2.17. The first-order chi connectivity index (χ1) is 7.59. The number of aromatic nitrogens is 3. The van der Waals surface area contributed by atoms with Gasteiger partial charge in [-0.15, -0.1) is 5.10 Å². The normalized spacial score (nSPS) is 12.8. The molecule has 0 saturated heterocycles. The molecule has 1 aromatic carbocycles. The van der Waals surface area contributed by atoms with E-state index >= 15 is 0 Å². The van der Waals surface area contributed by atoms with Crippen LogP contribution in [0.4, 0.5) is 0 Å². The maximum atomic E-state index is 6.14. The molecule has 4 nitrogen and oxygen atoms in total.